The molecule has 3 aliphatic rings. The van der Waals surface area contributed by atoms with Gasteiger partial charge < -0.3 is 10.2 Å². The van der Waals surface area contributed by atoms with Crippen LogP contribution < -0.4 is 5.32 Å². The van der Waals surface area contributed by atoms with Gasteiger partial charge in [-0.1, -0.05) is 0 Å². The van der Waals surface area contributed by atoms with Gasteiger partial charge in [-0.25, -0.2) is 0 Å². The summed E-state index contributed by atoms with van der Waals surface area (Å²) >= 11 is 0. The standard InChI is InChI=1S/C13H25N3/c1-2-6-15(5-1)11-12-9-13(10-14-12)16-7-3-4-8-16/h12-14H,1-11H2. The van der Waals surface area contributed by atoms with Gasteiger partial charge in [0, 0.05) is 25.2 Å². The van der Waals surface area contributed by atoms with Crippen LogP contribution in [0.5, 0.6) is 0 Å². The smallest absolute Gasteiger partial charge is 0.0236 e. The number of nitrogens with zero attached hydrogens (tertiary/aromatic N) is 2. The summed E-state index contributed by atoms with van der Waals surface area (Å²) in [4.78, 5) is 5.35. The molecule has 3 nitrogen and oxygen atoms in total. The Balaban J connectivity index is 1.45. The van der Waals surface area contributed by atoms with Crippen molar-refractivity contribution in [3.63, 3.8) is 0 Å². The van der Waals surface area contributed by atoms with Crippen LogP contribution in [0.25, 0.3) is 0 Å². The largest absolute Gasteiger partial charge is 0.311 e. The van der Waals surface area contributed by atoms with Crippen molar-refractivity contribution < 1.29 is 0 Å². The molecule has 92 valence electrons. The van der Waals surface area contributed by atoms with Crippen LogP contribution in [-0.4, -0.2) is 61.2 Å². The SMILES string of the molecule is C1CCN(CC2CC(N3CCCC3)CN2)C1. The molecule has 3 fully saturated rings. The lowest BCUT2D eigenvalue weighted by molar-refractivity contribution is 0.247. The lowest BCUT2D eigenvalue weighted by Crippen LogP contribution is -2.35. The average molecular weight is 223 g/mol. The molecule has 2 unspecified atom stereocenters. The minimum atomic E-state index is 0.767. The molecule has 0 bridgehead atoms. The molecule has 0 amide bonds. The van der Waals surface area contributed by atoms with E-state index in [9.17, 15) is 0 Å². The summed E-state index contributed by atoms with van der Waals surface area (Å²) in [5, 5.41) is 3.73. The first kappa shape index (κ1) is 11.0. The van der Waals surface area contributed by atoms with Gasteiger partial charge in [0.2, 0.25) is 0 Å². The summed E-state index contributed by atoms with van der Waals surface area (Å²) in [6, 6.07) is 1.61. The van der Waals surface area contributed by atoms with Crippen LogP contribution in [0.2, 0.25) is 0 Å². The van der Waals surface area contributed by atoms with E-state index in [2.05, 4.69) is 15.1 Å². The van der Waals surface area contributed by atoms with E-state index in [-0.39, 0.29) is 0 Å². The summed E-state index contributed by atoms with van der Waals surface area (Å²) in [6.45, 7) is 7.91. The predicted molar refractivity (Wildman–Crippen MR) is 66.7 cm³/mol. The molecule has 0 radical (unpaired) electrons. The van der Waals surface area contributed by atoms with Crippen LogP contribution in [0.3, 0.4) is 0 Å². The summed E-state index contributed by atoms with van der Waals surface area (Å²) in [5.41, 5.74) is 0. The minimum Gasteiger partial charge on any atom is -0.311 e. The van der Waals surface area contributed by atoms with Gasteiger partial charge in [0.1, 0.15) is 0 Å². The zero-order valence-electron chi connectivity index (χ0n) is 10.3. The van der Waals surface area contributed by atoms with Gasteiger partial charge in [0.25, 0.3) is 0 Å². The normalized spacial score (nSPS) is 37.5. The molecule has 0 aromatic heterocycles. The monoisotopic (exact) mass is 223 g/mol. The van der Waals surface area contributed by atoms with E-state index in [0.717, 1.165) is 12.1 Å². The van der Waals surface area contributed by atoms with Crippen LogP contribution in [0.1, 0.15) is 32.1 Å². The third-order valence-corrected chi connectivity index (χ3v) is 4.53. The molecule has 0 aromatic rings. The van der Waals surface area contributed by atoms with Gasteiger partial charge >= 0.3 is 0 Å². The fourth-order valence-corrected chi connectivity index (χ4v) is 3.60. The van der Waals surface area contributed by atoms with E-state index in [1.54, 1.807) is 0 Å². The number of hydrogen-bond donors (Lipinski definition) is 1. The molecule has 0 spiro atoms. The molecular formula is C13H25N3. The van der Waals surface area contributed by atoms with Crippen LogP contribution in [0.15, 0.2) is 0 Å². The molecular weight excluding hydrogens is 198 g/mol. The maximum atomic E-state index is 3.73. The van der Waals surface area contributed by atoms with Crippen LogP contribution in [0, 0.1) is 0 Å². The lowest BCUT2D eigenvalue weighted by atomic mass is 10.1. The zero-order valence-corrected chi connectivity index (χ0v) is 10.3. The first-order valence-corrected chi connectivity index (χ1v) is 7.11. The second-order valence-corrected chi connectivity index (χ2v) is 5.75. The summed E-state index contributed by atoms with van der Waals surface area (Å²) in [7, 11) is 0. The number of hydrogen-bond acceptors (Lipinski definition) is 3. The van der Waals surface area contributed by atoms with Gasteiger partial charge in [0.05, 0.1) is 0 Å². The second kappa shape index (κ2) is 5.03. The Kier molecular flexibility index (Phi) is 3.46. The van der Waals surface area contributed by atoms with Crippen molar-refractivity contribution in [2.75, 3.05) is 39.3 Å². The molecule has 16 heavy (non-hydrogen) atoms. The Morgan fingerprint density at radius 1 is 0.938 bits per heavy atom. The molecule has 0 saturated carbocycles. The van der Waals surface area contributed by atoms with Crippen molar-refractivity contribution >= 4 is 0 Å². The summed E-state index contributed by atoms with van der Waals surface area (Å²) < 4.78 is 0. The molecule has 3 rings (SSSR count). The summed E-state index contributed by atoms with van der Waals surface area (Å²) in [5.74, 6) is 0. The van der Waals surface area contributed by atoms with Crippen molar-refractivity contribution in [3.8, 4) is 0 Å². The van der Waals surface area contributed by atoms with E-state index in [0.29, 0.717) is 0 Å². The Bertz CT molecular complexity index is 219. The van der Waals surface area contributed by atoms with Crippen LogP contribution in [-0.2, 0) is 0 Å². The van der Waals surface area contributed by atoms with E-state index < -0.39 is 0 Å². The Morgan fingerprint density at radius 2 is 1.62 bits per heavy atom. The highest BCUT2D eigenvalue weighted by molar-refractivity contribution is 4.91. The van der Waals surface area contributed by atoms with E-state index in [1.165, 1.54) is 71.4 Å². The van der Waals surface area contributed by atoms with Crippen molar-refractivity contribution in [3.05, 3.63) is 0 Å². The highest BCUT2D eigenvalue weighted by atomic mass is 15.2. The molecule has 3 heteroatoms. The van der Waals surface area contributed by atoms with Crippen molar-refractivity contribution in [2.45, 2.75) is 44.2 Å². The maximum absolute atomic E-state index is 3.73. The van der Waals surface area contributed by atoms with Gasteiger partial charge in [-0.15, -0.1) is 0 Å². The van der Waals surface area contributed by atoms with Gasteiger partial charge in [-0.2, -0.15) is 0 Å². The predicted octanol–water partition coefficient (Wildman–Crippen LogP) is 0.909. The first-order valence-electron chi connectivity index (χ1n) is 7.11. The minimum absolute atomic E-state index is 0.767. The quantitative estimate of drug-likeness (QED) is 0.767. The lowest BCUT2D eigenvalue weighted by Gasteiger charge is -2.23. The Labute approximate surface area is 99.2 Å². The average Bonchev–Trinajstić information content (AvgIpc) is 2.99. The maximum Gasteiger partial charge on any atom is 0.0236 e. The number of nitrogens with one attached hydrogen (secondary N) is 1. The topological polar surface area (TPSA) is 18.5 Å². The third-order valence-electron chi connectivity index (χ3n) is 4.53. The van der Waals surface area contributed by atoms with E-state index in [4.69, 9.17) is 0 Å². The third kappa shape index (κ3) is 2.41. The van der Waals surface area contributed by atoms with Crippen LogP contribution in [0.4, 0.5) is 0 Å². The highest BCUT2D eigenvalue weighted by Gasteiger charge is 2.31. The fraction of sp³-hybridized carbons (Fsp3) is 1.00. The Hall–Kier alpha value is -0.120. The Morgan fingerprint density at radius 3 is 2.38 bits per heavy atom. The van der Waals surface area contributed by atoms with Crippen molar-refractivity contribution in [1.82, 2.24) is 15.1 Å². The van der Waals surface area contributed by atoms with E-state index >= 15 is 0 Å². The van der Waals surface area contributed by atoms with E-state index in [1.807, 2.05) is 0 Å². The van der Waals surface area contributed by atoms with Crippen molar-refractivity contribution in [2.24, 2.45) is 0 Å². The van der Waals surface area contributed by atoms with Crippen LogP contribution >= 0.6 is 0 Å². The number of rotatable bonds is 3. The molecule has 0 aromatic carbocycles. The molecule has 1 N–H and O–H groups in total. The van der Waals surface area contributed by atoms with Gasteiger partial charge in [-0.05, 0) is 58.3 Å². The van der Waals surface area contributed by atoms with Gasteiger partial charge in [-0.3, -0.25) is 4.90 Å². The molecule has 3 aliphatic heterocycles. The zero-order chi connectivity index (χ0) is 10.8. The highest BCUT2D eigenvalue weighted by Crippen LogP contribution is 2.20. The molecule has 3 heterocycles. The van der Waals surface area contributed by atoms with Crippen molar-refractivity contribution in [1.29, 1.82) is 0 Å². The molecule has 3 saturated heterocycles. The van der Waals surface area contributed by atoms with Gasteiger partial charge in [0.15, 0.2) is 0 Å². The number of likely N-dealkylation sites (tertiary alicyclic amines) is 2. The fourth-order valence-electron chi connectivity index (χ4n) is 3.60. The molecule has 0 aliphatic carbocycles. The first-order chi connectivity index (χ1) is 7.92. The molecule has 2 atom stereocenters. The summed E-state index contributed by atoms with van der Waals surface area (Å²) in [6.07, 6.45) is 7.07. The second-order valence-electron chi connectivity index (χ2n) is 5.75.